The molecule has 0 atom stereocenters. The third-order valence-electron chi connectivity index (χ3n) is 4.02. The van der Waals surface area contributed by atoms with Crippen molar-refractivity contribution >= 4 is 23.7 Å². The SMILES string of the molecule is CCCN1C(=O)N/C(=C/c2ccc(-c3cc([N+](=O)[O-])ccc3C)o2)C1=O. The van der Waals surface area contributed by atoms with Gasteiger partial charge in [-0.15, -0.1) is 0 Å². The van der Waals surface area contributed by atoms with Crippen LogP contribution in [0.3, 0.4) is 0 Å². The fourth-order valence-corrected chi connectivity index (χ4v) is 2.70. The normalized spacial score (nSPS) is 15.6. The summed E-state index contributed by atoms with van der Waals surface area (Å²) in [6.07, 6.45) is 2.12. The number of carbonyl (C=O) groups excluding carboxylic acids is 2. The first-order chi connectivity index (χ1) is 12.4. The maximum atomic E-state index is 12.2. The van der Waals surface area contributed by atoms with Crippen molar-refractivity contribution in [3.05, 3.63) is 57.5 Å². The number of aryl methyl sites for hydroxylation is 1. The Labute approximate surface area is 149 Å². The van der Waals surface area contributed by atoms with Gasteiger partial charge in [0.2, 0.25) is 0 Å². The second kappa shape index (κ2) is 6.83. The molecule has 1 N–H and O–H groups in total. The predicted octanol–water partition coefficient (Wildman–Crippen LogP) is 3.47. The maximum absolute atomic E-state index is 12.2. The molecule has 1 aliphatic rings. The van der Waals surface area contributed by atoms with E-state index in [9.17, 15) is 19.7 Å². The Balaban J connectivity index is 1.90. The zero-order valence-corrected chi connectivity index (χ0v) is 14.3. The Morgan fingerprint density at radius 3 is 2.73 bits per heavy atom. The first kappa shape index (κ1) is 17.4. The number of nitro benzene ring substituents is 1. The summed E-state index contributed by atoms with van der Waals surface area (Å²) in [4.78, 5) is 35.7. The summed E-state index contributed by atoms with van der Waals surface area (Å²) in [5.74, 6) is 0.412. The number of nitrogens with one attached hydrogen (secondary N) is 1. The smallest absolute Gasteiger partial charge is 0.329 e. The Kier molecular flexibility index (Phi) is 4.57. The minimum absolute atomic E-state index is 0.0321. The number of hydrogen-bond donors (Lipinski definition) is 1. The minimum Gasteiger partial charge on any atom is -0.457 e. The molecule has 8 nitrogen and oxygen atoms in total. The van der Waals surface area contributed by atoms with Crippen molar-refractivity contribution in [3.8, 4) is 11.3 Å². The molecule has 0 radical (unpaired) electrons. The number of rotatable bonds is 5. The van der Waals surface area contributed by atoms with Crippen molar-refractivity contribution < 1.29 is 18.9 Å². The van der Waals surface area contributed by atoms with E-state index in [-0.39, 0.29) is 11.4 Å². The van der Waals surface area contributed by atoms with Gasteiger partial charge in [0.1, 0.15) is 17.2 Å². The van der Waals surface area contributed by atoms with E-state index in [1.165, 1.54) is 18.2 Å². The molecule has 1 aromatic carbocycles. The summed E-state index contributed by atoms with van der Waals surface area (Å²) in [7, 11) is 0. The average Bonchev–Trinajstić information content (AvgIpc) is 3.16. The number of nitrogens with zero attached hydrogens (tertiary/aromatic N) is 2. The van der Waals surface area contributed by atoms with Gasteiger partial charge >= 0.3 is 6.03 Å². The molecular formula is C18H17N3O5. The van der Waals surface area contributed by atoms with E-state index in [4.69, 9.17) is 4.42 Å². The molecule has 1 fully saturated rings. The molecule has 0 unspecified atom stereocenters. The van der Waals surface area contributed by atoms with Crippen molar-refractivity contribution in [1.29, 1.82) is 0 Å². The highest BCUT2D eigenvalue weighted by Crippen LogP contribution is 2.30. The summed E-state index contributed by atoms with van der Waals surface area (Å²) in [5, 5.41) is 13.5. The van der Waals surface area contributed by atoms with Crippen LogP contribution in [-0.2, 0) is 4.79 Å². The quantitative estimate of drug-likeness (QED) is 0.383. The molecule has 8 heteroatoms. The van der Waals surface area contributed by atoms with Crippen molar-refractivity contribution in [2.24, 2.45) is 0 Å². The first-order valence-electron chi connectivity index (χ1n) is 8.10. The largest absolute Gasteiger partial charge is 0.457 e. The van der Waals surface area contributed by atoms with Crippen LogP contribution in [0.15, 0.2) is 40.4 Å². The number of benzene rings is 1. The van der Waals surface area contributed by atoms with Gasteiger partial charge in [-0.25, -0.2) is 4.79 Å². The Morgan fingerprint density at radius 1 is 1.27 bits per heavy atom. The lowest BCUT2D eigenvalue weighted by atomic mass is 10.1. The van der Waals surface area contributed by atoms with Gasteiger partial charge in [0.15, 0.2) is 0 Å². The molecule has 3 amide bonds. The summed E-state index contributed by atoms with van der Waals surface area (Å²) >= 11 is 0. The number of nitro groups is 1. The third-order valence-corrected chi connectivity index (χ3v) is 4.02. The van der Waals surface area contributed by atoms with E-state index in [0.29, 0.717) is 30.0 Å². The monoisotopic (exact) mass is 355 g/mol. The highest BCUT2D eigenvalue weighted by Gasteiger charge is 2.32. The molecule has 1 aromatic heterocycles. The highest BCUT2D eigenvalue weighted by molar-refractivity contribution is 6.13. The number of non-ortho nitro benzene ring substituents is 1. The molecule has 2 heterocycles. The number of amides is 3. The Hall–Kier alpha value is -3.42. The van der Waals surface area contributed by atoms with Crippen molar-refractivity contribution in [3.63, 3.8) is 0 Å². The second-order valence-electron chi connectivity index (χ2n) is 5.90. The number of hydrogen-bond acceptors (Lipinski definition) is 5. The van der Waals surface area contributed by atoms with Crippen LogP contribution in [-0.4, -0.2) is 28.3 Å². The van der Waals surface area contributed by atoms with Gasteiger partial charge in [0.25, 0.3) is 11.6 Å². The lowest BCUT2D eigenvalue weighted by molar-refractivity contribution is -0.384. The molecule has 26 heavy (non-hydrogen) atoms. The molecule has 0 spiro atoms. The van der Waals surface area contributed by atoms with Crippen molar-refractivity contribution in [1.82, 2.24) is 10.2 Å². The van der Waals surface area contributed by atoms with E-state index in [0.717, 1.165) is 10.5 Å². The van der Waals surface area contributed by atoms with E-state index < -0.39 is 16.9 Å². The zero-order valence-electron chi connectivity index (χ0n) is 14.3. The molecule has 2 aromatic rings. The maximum Gasteiger partial charge on any atom is 0.329 e. The van der Waals surface area contributed by atoms with Gasteiger partial charge < -0.3 is 9.73 Å². The van der Waals surface area contributed by atoms with Gasteiger partial charge in [-0.05, 0) is 31.0 Å². The molecule has 0 saturated carbocycles. The summed E-state index contributed by atoms with van der Waals surface area (Å²) in [5.41, 5.74) is 1.53. The zero-order chi connectivity index (χ0) is 18.8. The summed E-state index contributed by atoms with van der Waals surface area (Å²) in [6, 6.07) is 7.38. The van der Waals surface area contributed by atoms with Crippen LogP contribution in [0.25, 0.3) is 17.4 Å². The van der Waals surface area contributed by atoms with Crippen LogP contribution < -0.4 is 5.32 Å². The fraction of sp³-hybridized carbons (Fsp3) is 0.222. The number of carbonyl (C=O) groups is 2. The molecule has 1 saturated heterocycles. The van der Waals surface area contributed by atoms with Crippen LogP contribution in [0.2, 0.25) is 0 Å². The lowest BCUT2D eigenvalue weighted by Gasteiger charge is -2.08. The van der Waals surface area contributed by atoms with Gasteiger partial charge in [-0.2, -0.15) is 0 Å². The summed E-state index contributed by atoms with van der Waals surface area (Å²) < 4.78 is 5.70. The molecule has 0 aliphatic carbocycles. The number of urea groups is 1. The van der Waals surface area contributed by atoms with Crippen LogP contribution >= 0.6 is 0 Å². The topological polar surface area (TPSA) is 106 Å². The van der Waals surface area contributed by atoms with E-state index in [1.54, 1.807) is 18.2 Å². The average molecular weight is 355 g/mol. The van der Waals surface area contributed by atoms with Gasteiger partial charge in [-0.1, -0.05) is 13.0 Å². The molecule has 134 valence electrons. The van der Waals surface area contributed by atoms with E-state index >= 15 is 0 Å². The second-order valence-corrected chi connectivity index (χ2v) is 5.90. The van der Waals surface area contributed by atoms with E-state index in [2.05, 4.69) is 5.32 Å². The summed E-state index contributed by atoms with van der Waals surface area (Å²) in [6.45, 7) is 4.05. The van der Waals surface area contributed by atoms with Crippen LogP contribution in [0, 0.1) is 17.0 Å². The van der Waals surface area contributed by atoms with Crippen LogP contribution in [0.4, 0.5) is 10.5 Å². The van der Waals surface area contributed by atoms with Crippen molar-refractivity contribution in [2.45, 2.75) is 20.3 Å². The first-order valence-corrected chi connectivity index (χ1v) is 8.10. The highest BCUT2D eigenvalue weighted by atomic mass is 16.6. The minimum atomic E-state index is -0.468. The van der Waals surface area contributed by atoms with Gasteiger partial charge in [0.05, 0.1) is 4.92 Å². The van der Waals surface area contributed by atoms with E-state index in [1.807, 2.05) is 13.8 Å². The van der Waals surface area contributed by atoms with Crippen LogP contribution in [0.1, 0.15) is 24.7 Å². The standard InChI is InChI=1S/C18H17N3O5/c1-3-8-20-17(22)15(19-18(20)23)10-13-6-7-16(26-13)14-9-12(21(24)25)5-4-11(14)2/h4-7,9-10H,3,8H2,1-2H3,(H,19,23)/b15-10+. The number of furan rings is 1. The van der Waals surface area contributed by atoms with Crippen molar-refractivity contribution in [2.75, 3.05) is 6.54 Å². The third kappa shape index (κ3) is 3.21. The lowest BCUT2D eigenvalue weighted by Crippen LogP contribution is -2.31. The predicted molar refractivity (Wildman–Crippen MR) is 94.0 cm³/mol. The van der Waals surface area contributed by atoms with Gasteiger partial charge in [0, 0.05) is 30.3 Å². The van der Waals surface area contributed by atoms with Crippen LogP contribution in [0.5, 0.6) is 0 Å². The number of imide groups is 1. The Bertz CT molecular complexity index is 929. The fourth-order valence-electron chi connectivity index (χ4n) is 2.70. The molecule has 3 rings (SSSR count). The molecular weight excluding hydrogens is 338 g/mol. The Morgan fingerprint density at radius 2 is 2.04 bits per heavy atom. The molecule has 1 aliphatic heterocycles. The molecule has 0 bridgehead atoms. The van der Waals surface area contributed by atoms with Gasteiger partial charge in [-0.3, -0.25) is 19.8 Å².